The molecule has 1 aliphatic rings. The van der Waals surface area contributed by atoms with Gasteiger partial charge in [-0.05, 0) is 16.7 Å². The van der Waals surface area contributed by atoms with Crippen LogP contribution in [0.4, 0.5) is 0 Å². The number of hydrogen-bond acceptors (Lipinski definition) is 6. The molecule has 0 aliphatic carbocycles. The second-order valence-electron chi connectivity index (χ2n) is 8.38. The van der Waals surface area contributed by atoms with Crippen molar-refractivity contribution in [2.45, 2.75) is 50.5 Å². The van der Waals surface area contributed by atoms with Crippen LogP contribution in [0.1, 0.15) is 16.7 Å². The standard InChI is InChI=1S/C28H33NO5/c1-30-28-27(33-19-23-15-9-4-10-16-23)25(29)26(32-18-22-13-7-3-8-14-22)24(34-28)20-31-17-21-11-5-2-6-12-21/h2-16,24-28H,17-20,29H2,1H3/t24-,25+,26-,27-,28+/m1/s1. The summed E-state index contributed by atoms with van der Waals surface area (Å²) in [7, 11) is 1.60. The van der Waals surface area contributed by atoms with E-state index in [9.17, 15) is 0 Å². The van der Waals surface area contributed by atoms with Crippen molar-refractivity contribution in [1.82, 2.24) is 0 Å². The summed E-state index contributed by atoms with van der Waals surface area (Å²) in [6.45, 7) is 1.63. The van der Waals surface area contributed by atoms with E-state index in [1.54, 1.807) is 7.11 Å². The summed E-state index contributed by atoms with van der Waals surface area (Å²) in [4.78, 5) is 0. The van der Waals surface area contributed by atoms with Crippen LogP contribution in [0.15, 0.2) is 91.0 Å². The normalized spacial score (nSPS) is 24.7. The van der Waals surface area contributed by atoms with E-state index in [-0.39, 0.29) is 0 Å². The number of rotatable bonds is 11. The molecule has 3 aromatic rings. The van der Waals surface area contributed by atoms with Crippen molar-refractivity contribution in [2.75, 3.05) is 13.7 Å². The molecule has 0 saturated carbocycles. The Kier molecular flexibility index (Phi) is 9.21. The smallest absolute Gasteiger partial charge is 0.185 e. The molecule has 3 aromatic carbocycles. The molecule has 6 nitrogen and oxygen atoms in total. The molecule has 1 heterocycles. The molecule has 1 aliphatic heterocycles. The largest absolute Gasteiger partial charge is 0.374 e. The summed E-state index contributed by atoms with van der Waals surface area (Å²) in [6.07, 6.45) is -1.94. The Balaban J connectivity index is 1.44. The molecule has 34 heavy (non-hydrogen) atoms. The SMILES string of the molecule is CO[C@H]1O[C@H](COCc2ccccc2)[C@@H](OCc2ccccc2)[C@H](N)[C@H]1OCc1ccccc1. The number of hydrogen-bond donors (Lipinski definition) is 1. The Hall–Kier alpha value is -2.58. The van der Waals surface area contributed by atoms with Gasteiger partial charge in [0.05, 0.1) is 32.5 Å². The lowest BCUT2D eigenvalue weighted by molar-refractivity contribution is -0.289. The molecule has 6 heteroatoms. The lowest BCUT2D eigenvalue weighted by Gasteiger charge is -2.44. The zero-order valence-corrected chi connectivity index (χ0v) is 19.5. The highest BCUT2D eigenvalue weighted by atomic mass is 16.7. The van der Waals surface area contributed by atoms with Crippen LogP contribution < -0.4 is 5.73 Å². The van der Waals surface area contributed by atoms with E-state index in [1.165, 1.54) is 0 Å². The van der Waals surface area contributed by atoms with Gasteiger partial charge >= 0.3 is 0 Å². The highest BCUT2D eigenvalue weighted by Crippen LogP contribution is 2.27. The summed E-state index contributed by atoms with van der Waals surface area (Å²) in [5, 5.41) is 0. The Morgan fingerprint density at radius 3 is 1.65 bits per heavy atom. The third-order valence-electron chi connectivity index (χ3n) is 5.90. The van der Waals surface area contributed by atoms with Gasteiger partial charge in [-0.3, -0.25) is 0 Å². The van der Waals surface area contributed by atoms with E-state index in [4.69, 9.17) is 29.4 Å². The average Bonchev–Trinajstić information content (AvgIpc) is 2.89. The minimum absolute atomic E-state index is 0.327. The van der Waals surface area contributed by atoms with Crippen LogP contribution in [0.25, 0.3) is 0 Å². The summed E-state index contributed by atoms with van der Waals surface area (Å²) >= 11 is 0. The predicted octanol–water partition coefficient (Wildman–Crippen LogP) is 4.07. The van der Waals surface area contributed by atoms with E-state index in [2.05, 4.69) is 0 Å². The van der Waals surface area contributed by atoms with Gasteiger partial charge in [-0.25, -0.2) is 0 Å². The molecular weight excluding hydrogens is 430 g/mol. The van der Waals surface area contributed by atoms with Gasteiger partial charge in [0.1, 0.15) is 18.3 Å². The maximum absolute atomic E-state index is 6.73. The maximum atomic E-state index is 6.73. The van der Waals surface area contributed by atoms with Crippen molar-refractivity contribution < 1.29 is 23.7 Å². The maximum Gasteiger partial charge on any atom is 0.185 e. The van der Waals surface area contributed by atoms with Gasteiger partial charge in [-0.2, -0.15) is 0 Å². The summed E-state index contributed by atoms with van der Waals surface area (Å²) in [5.74, 6) is 0. The minimum Gasteiger partial charge on any atom is -0.374 e. The first-order valence-electron chi connectivity index (χ1n) is 11.6. The molecule has 4 rings (SSSR count). The van der Waals surface area contributed by atoms with Crippen LogP contribution in [0, 0.1) is 0 Å². The molecule has 1 saturated heterocycles. The van der Waals surface area contributed by atoms with Gasteiger partial charge in [-0.1, -0.05) is 91.0 Å². The molecule has 2 N–H and O–H groups in total. The lowest BCUT2D eigenvalue weighted by Crippen LogP contribution is -2.64. The topological polar surface area (TPSA) is 72.2 Å². The van der Waals surface area contributed by atoms with Crippen LogP contribution >= 0.6 is 0 Å². The van der Waals surface area contributed by atoms with E-state index >= 15 is 0 Å². The first-order chi connectivity index (χ1) is 16.7. The molecule has 1 fully saturated rings. The molecule has 0 bridgehead atoms. The molecule has 0 unspecified atom stereocenters. The van der Waals surface area contributed by atoms with E-state index in [0.29, 0.717) is 26.4 Å². The van der Waals surface area contributed by atoms with Crippen LogP contribution in [0.3, 0.4) is 0 Å². The van der Waals surface area contributed by atoms with Gasteiger partial charge in [0.25, 0.3) is 0 Å². The van der Waals surface area contributed by atoms with E-state index in [1.807, 2.05) is 91.0 Å². The summed E-state index contributed by atoms with van der Waals surface area (Å²) in [5.41, 5.74) is 9.94. The first kappa shape index (κ1) is 24.5. The predicted molar refractivity (Wildman–Crippen MR) is 130 cm³/mol. The fraction of sp³-hybridized carbons (Fsp3) is 0.357. The zero-order chi connectivity index (χ0) is 23.6. The van der Waals surface area contributed by atoms with Crippen molar-refractivity contribution >= 4 is 0 Å². The second kappa shape index (κ2) is 12.8. The Morgan fingerprint density at radius 1 is 0.676 bits per heavy atom. The molecular formula is C28H33NO5. The van der Waals surface area contributed by atoms with Crippen molar-refractivity contribution in [3.05, 3.63) is 108 Å². The van der Waals surface area contributed by atoms with Gasteiger partial charge < -0.3 is 29.4 Å². The van der Waals surface area contributed by atoms with Gasteiger partial charge in [-0.15, -0.1) is 0 Å². The molecule has 5 atom stereocenters. The van der Waals surface area contributed by atoms with Crippen LogP contribution in [0.2, 0.25) is 0 Å². The van der Waals surface area contributed by atoms with E-state index < -0.39 is 30.6 Å². The Bertz CT molecular complexity index is 954. The van der Waals surface area contributed by atoms with Crippen molar-refractivity contribution in [3.8, 4) is 0 Å². The molecule has 0 amide bonds. The number of ether oxygens (including phenoxy) is 5. The van der Waals surface area contributed by atoms with Crippen LogP contribution in [-0.4, -0.2) is 44.4 Å². The second-order valence-corrected chi connectivity index (χ2v) is 8.38. The monoisotopic (exact) mass is 463 g/mol. The summed E-state index contributed by atoms with van der Waals surface area (Å²) < 4.78 is 30.4. The average molecular weight is 464 g/mol. The molecule has 0 aromatic heterocycles. The highest BCUT2D eigenvalue weighted by Gasteiger charge is 2.46. The van der Waals surface area contributed by atoms with Gasteiger partial charge in [0.2, 0.25) is 0 Å². The van der Waals surface area contributed by atoms with Crippen LogP contribution in [0.5, 0.6) is 0 Å². The lowest BCUT2D eigenvalue weighted by atomic mass is 9.96. The third kappa shape index (κ3) is 6.73. The summed E-state index contributed by atoms with van der Waals surface area (Å²) in [6, 6.07) is 29.6. The van der Waals surface area contributed by atoms with E-state index in [0.717, 1.165) is 16.7 Å². The van der Waals surface area contributed by atoms with Crippen molar-refractivity contribution in [1.29, 1.82) is 0 Å². The Labute approximate surface area is 201 Å². The van der Waals surface area contributed by atoms with Crippen LogP contribution in [-0.2, 0) is 43.5 Å². The molecule has 0 spiro atoms. The molecule has 0 radical (unpaired) electrons. The fourth-order valence-corrected chi connectivity index (χ4v) is 4.08. The fourth-order valence-electron chi connectivity index (χ4n) is 4.08. The van der Waals surface area contributed by atoms with Gasteiger partial charge in [0.15, 0.2) is 6.29 Å². The number of benzene rings is 3. The highest BCUT2D eigenvalue weighted by molar-refractivity contribution is 5.15. The van der Waals surface area contributed by atoms with Gasteiger partial charge in [0, 0.05) is 7.11 Å². The zero-order valence-electron chi connectivity index (χ0n) is 19.5. The molecule has 180 valence electrons. The number of methoxy groups -OCH3 is 1. The Morgan fingerprint density at radius 2 is 1.15 bits per heavy atom. The van der Waals surface area contributed by atoms with Crippen molar-refractivity contribution in [3.63, 3.8) is 0 Å². The third-order valence-corrected chi connectivity index (χ3v) is 5.90. The first-order valence-corrected chi connectivity index (χ1v) is 11.6. The van der Waals surface area contributed by atoms with Crippen molar-refractivity contribution in [2.24, 2.45) is 5.73 Å². The quantitative estimate of drug-likeness (QED) is 0.462. The number of nitrogens with two attached hydrogens (primary N) is 1. The minimum atomic E-state index is -0.624.